The molecule has 4 nitrogen and oxygen atoms in total. The second kappa shape index (κ2) is 6.32. The molecule has 1 saturated heterocycles. The lowest BCUT2D eigenvalue weighted by Gasteiger charge is -2.31. The van der Waals surface area contributed by atoms with Gasteiger partial charge in [0.25, 0.3) is 0 Å². The average Bonchev–Trinajstić information content (AvgIpc) is 2.77. The predicted octanol–water partition coefficient (Wildman–Crippen LogP) is 1.49. The lowest BCUT2D eigenvalue weighted by atomic mass is 9.94. The smallest absolute Gasteiger partial charge is 0.227 e. The second-order valence-corrected chi connectivity index (χ2v) is 5.72. The van der Waals surface area contributed by atoms with Gasteiger partial charge >= 0.3 is 0 Å². The van der Waals surface area contributed by atoms with Crippen LogP contribution in [0.15, 0.2) is 0 Å². The zero-order chi connectivity index (χ0) is 13.0. The summed E-state index contributed by atoms with van der Waals surface area (Å²) < 4.78 is 0. The van der Waals surface area contributed by atoms with Crippen LogP contribution in [0.4, 0.5) is 0 Å². The molecular weight excluding hydrogens is 228 g/mol. The second-order valence-electron chi connectivity index (χ2n) is 5.72. The third-order valence-corrected chi connectivity index (χ3v) is 4.09. The number of carbonyl (C=O) groups excluding carboxylic acids is 2. The number of likely N-dealkylation sites (tertiary alicyclic amines) is 1. The van der Waals surface area contributed by atoms with E-state index in [4.69, 9.17) is 0 Å². The summed E-state index contributed by atoms with van der Waals surface area (Å²) in [5, 5.41) is 2.98. The van der Waals surface area contributed by atoms with Crippen molar-refractivity contribution in [3.05, 3.63) is 0 Å². The predicted molar refractivity (Wildman–Crippen MR) is 70.3 cm³/mol. The van der Waals surface area contributed by atoms with Crippen LogP contribution in [-0.2, 0) is 9.59 Å². The molecule has 18 heavy (non-hydrogen) atoms. The van der Waals surface area contributed by atoms with E-state index in [0.717, 1.165) is 25.6 Å². The molecule has 0 bridgehead atoms. The van der Waals surface area contributed by atoms with Crippen LogP contribution >= 0.6 is 0 Å². The Hall–Kier alpha value is -0.900. The number of nitrogens with zero attached hydrogens (tertiary/aromatic N) is 1. The first-order chi connectivity index (χ1) is 8.65. The van der Waals surface area contributed by atoms with Crippen molar-refractivity contribution >= 4 is 11.7 Å². The number of amides is 1. The molecule has 0 aromatic heterocycles. The molecule has 1 heterocycles. The summed E-state index contributed by atoms with van der Waals surface area (Å²) >= 11 is 0. The van der Waals surface area contributed by atoms with E-state index in [1.807, 2.05) is 0 Å². The Bertz CT molecular complexity index is 311. The van der Waals surface area contributed by atoms with Gasteiger partial charge in [-0.05, 0) is 26.2 Å². The molecule has 2 aliphatic rings. The van der Waals surface area contributed by atoms with E-state index in [1.165, 1.54) is 39.0 Å². The summed E-state index contributed by atoms with van der Waals surface area (Å²) in [6.45, 7) is 3.52. The molecule has 1 aliphatic heterocycles. The Kier molecular flexibility index (Phi) is 4.75. The molecule has 1 saturated carbocycles. The number of Topliss-reactive ketones (excluding diaryl/α,β-unsaturated/α-hetero) is 1. The van der Waals surface area contributed by atoms with E-state index in [-0.39, 0.29) is 24.2 Å². The Morgan fingerprint density at radius 1 is 1.17 bits per heavy atom. The topological polar surface area (TPSA) is 49.4 Å². The maximum atomic E-state index is 11.5. The van der Waals surface area contributed by atoms with E-state index in [0.29, 0.717) is 0 Å². The molecule has 1 N–H and O–H groups in total. The number of hydrogen-bond acceptors (Lipinski definition) is 3. The van der Waals surface area contributed by atoms with Gasteiger partial charge in [0.1, 0.15) is 5.78 Å². The summed E-state index contributed by atoms with van der Waals surface area (Å²) in [4.78, 5) is 24.9. The lowest BCUT2D eigenvalue weighted by molar-refractivity contribution is -0.127. The average molecular weight is 252 g/mol. The fourth-order valence-corrected chi connectivity index (χ4v) is 3.19. The minimum atomic E-state index is -0.113. The molecule has 4 heteroatoms. The molecule has 0 aromatic carbocycles. The SMILES string of the molecule is CC(=O)CC(=O)NC1CCN(C2CCCCC2)C1. The maximum absolute atomic E-state index is 11.5. The Morgan fingerprint density at radius 3 is 2.56 bits per heavy atom. The zero-order valence-corrected chi connectivity index (χ0v) is 11.3. The molecule has 1 atom stereocenters. The highest BCUT2D eigenvalue weighted by Gasteiger charge is 2.29. The van der Waals surface area contributed by atoms with E-state index >= 15 is 0 Å². The summed E-state index contributed by atoms with van der Waals surface area (Å²) in [6.07, 6.45) is 7.76. The van der Waals surface area contributed by atoms with Crippen LogP contribution in [0.2, 0.25) is 0 Å². The summed E-state index contributed by atoms with van der Waals surface area (Å²) in [7, 11) is 0. The number of hydrogen-bond donors (Lipinski definition) is 1. The quantitative estimate of drug-likeness (QED) is 0.771. The third-order valence-electron chi connectivity index (χ3n) is 4.09. The van der Waals surface area contributed by atoms with Gasteiger partial charge in [-0.15, -0.1) is 0 Å². The van der Waals surface area contributed by atoms with Crippen LogP contribution < -0.4 is 5.32 Å². The van der Waals surface area contributed by atoms with Gasteiger partial charge in [-0.2, -0.15) is 0 Å². The third kappa shape index (κ3) is 3.80. The first-order valence-corrected chi connectivity index (χ1v) is 7.18. The normalized spacial score (nSPS) is 26.2. The number of rotatable bonds is 4. The standard InChI is InChI=1S/C14H24N2O2/c1-11(17)9-14(18)15-12-7-8-16(10-12)13-5-3-2-4-6-13/h12-13H,2-10H2,1H3,(H,15,18). The molecule has 1 aliphatic carbocycles. The van der Waals surface area contributed by atoms with Gasteiger partial charge in [0.2, 0.25) is 5.91 Å². The first-order valence-electron chi connectivity index (χ1n) is 7.18. The Morgan fingerprint density at radius 2 is 1.89 bits per heavy atom. The van der Waals surface area contributed by atoms with Gasteiger partial charge in [-0.1, -0.05) is 19.3 Å². The van der Waals surface area contributed by atoms with Crippen LogP contribution in [0, 0.1) is 0 Å². The monoisotopic (exact) mass is 252 g/mol. The van der Waals surface area contributed by atoms with Crippen molar-refractivity contribution in [1.29, 1.82) is 0 Å². The van der Waals surface area contributed by atoms with Crippen molar-refractivity contribution in [1.82, 2.24) is 10.2 Å². The van der Waals surface area contributed by atoms with Crippen LogP contribution in [-0.4, -0.2) is 41.8 Å². The Balaban J connectivity index is 1.74. The van der Waals surface area contributed by atoms with E-state index < -0.39 is 0 Å². The summed E-state index contributed by atoms with van der Waals surface area (Å²) in [5.74, 6) is -0.173. The van der Waals surface area contributed by atoms with Crippen LogP contribution in [0.3, 0.4) is 0 Å². The van der Waals surface area contributed by atoms with Gasteiger partial charge in [0.15, 0.2) is 0 Å². The van der Waals surface area contributed by atoms with E-state index in [9.17, 15) is 9.59 Å². The van der Waals surface area contributed by atoms with Gasteiger partial charge in [0.05, 0.1) is 6.42 Å². The molecular formula is C14H24N2O2. The molecule has 1 amide bonds. The highest BCUT2D eigenvalue weighted by molar-refractivity contribution is 5.96. The highest BCUT2D eigenvalue weighted by atomic mass is 16.2. The molecule has 0 spiro atoms. The van der Waals surface area contributed by atoms with Crippen LogP contribution in [0.5, 0.6) is 0 Å². The molecule has 1 unspecified atom stereocenters. The number of nitrogens with one attached hydrogen (secondary N) is 1. The molecule has 2 rings (SSSR count). The van der Waals surface area contributed by atoms with Crippen LogP contribution in [0.25, 0.3) is 0 Å². The summed E-state index contributed by atoms with van der Waals surface area (Å²) in [6, 6.07) is 0.979. The van der Waals surface area contributed by atoms with Crippen molar-refractivity contribution in [3.8, 4) is 0 Å². The highest BCUT2D eigenvalue weighted by Crippen LogP contribution is 2.25. The van der Waals surface area contributed by atoms with Crippen molar-refractivity contribution < 1.29 is 9.59 Å². The summed E-state index contributed by atoms with van der Waals surface area (Å²) in [5.41, 5.74) is 0. The van der Waals surface area contributed by atoms with Gasteiger partial charge < -0.3 is 5.32 Å². The zero-order valence-electron chi connectivity index (χ0n) is 11.3. The molecule has 2 fully saturated rings. The van der Waals surface area contributed by atoms with Gasteiger partial charge in [-0.3, -0.25) is 14.5 Å². The first kappa shape index (κ1) is 13.5. The van der Waals surface area contributed by atoms with E-state index in [1.54, 1.807) is 0 Å². The van der Waals surface area contributed by atoms with E-state index in [2.05, 4.69) is 10.2 Å². The fourth-order valence-electron chi connectivity index (χ4n) is 3.19. The van der Waals surface area contributed by atoms with Crippen molar-refractivity contribution in [2.45, 2.75) is 64.0 Å². The minimum absolute atomic E-state index is 0.0277. The van der Waals surface area contributed by atoms with Gasteiger partial charge in [0, 0.05) is 25.2 Å². The number of ketones is 1. The van der Waals surface area contributed by atoms with Crippen LogP contribution in [0.1, 0.15) is 51.9 Å². The molecule has 0 aromatic rings. The largest absolute Gasteiger partial charge is 0.352 e. The molecule has 0 radical (unpaired) electrons. The maximum Gasteiger partial charge on any atom is 0.227 e. The van der Waals surface area contributed by atoms with Crippen molar-refractivity contribution in [3.63, 3.8) is 0 Å². The van der Waals surface area contributed by atoms with Crippen molar-refractivity contribution in [2.24, 2.45) is 0 Å². The number of carbonyl (C=O) groups is 2. The Labute approximate surface area is 109 Å². The van der Waals surface area contributed by atoms with Gasteiger partial charge in [-0.25, -0.2) is 0 Å². The lowest BCUT2D eigenvalue weighted by Crippen LogP contribution is -2.40. The molecule has 102 valence electrons. The fraction of sp³-hybridized carbons (Fsp3) is 0.857. The minimum Gasteiger partial charge on any atom is -0.352 e. The van der Waals surface area contributed by atoms with Crippen molar-refractivity contribution in [2.75, 3.05) is 13.1 Å².